The van der Waals surface area contributed by atoms with Crippen LogP contribution in [0.4, 0.5) is 0 Å². The van der Waals surface area contributed by atoms with Gasteiger partial charge in [-0.3, -0.25) is 9.79 Å². The molecule has 0 spiro atoms. The highest BCUT2D eigenvalue weighted by Gasteiger charge is 2.12. The fraction of sp³-hybridized carbons (Fsp3) is 0.360. The first-order valence-electron chi connectivity index (χ1n) is 10.5. The lowest BCUT2D eigenvalue weighted by Crippen LogP contribution is -2.37. The molecule has 8 heteroatoms. The fourth-order valence-corrected chi connectivity index (χ4v) is 3.37. The number of halogens is 1. The molecule has 2 N–H and O–H groups in total. The first kappa shape index (κ1) is 28.3. The summed E-state index contributed by atoms with van der Waals surface area (Å²) in [6.07, 6.45) is 3.31. The number of carbonyl (C=O) groups excluding carboxylic acids is 1. The van der Waals surface area contributed by atoms with Gasteiger partial charge in [-0.2, -0.15) is 0 Å². The lowest BCUT2D eigenvalue weighted by molar-refractivity contribution is 0.0827. The molecule has 0 unspecified atom stereocenters. The van der Waals surface area contributed by atoms with Gasteiger partial charge in [-0.15, -0.1) is 30.6 Å². The Labute approximate surface area is 214 Å². The Balaban J connectivity index is 0.00000544. The smallest absolute Gasteiger partial charge is 0.253 e. The maximum absolute atomic E-state index is 12.2. The molecule has 2 aromatic carbocycles. The Morgan fingerprint density at radius 1 is 1.12 bits per heavy atom. The van der Waals surface area contributed by atoms with Crippen LogP contribution in [0.5, 0.6) is 11.5 Å². The van der Waals surface area contributed by atoms with Gasteiger partial charge in [-0.05, 0) is 48.2 Å². The standard InChI is InChI=1S/C25H34N4O3.HI/c1-7-9-20-15-19(16-22(31-5)23(20)32-6)17-28-25(26-2)27-13-12-18-10-8-11-21(14-18)24(30)29(3)4;/h7-8,10-11,14-16H,1,9,12-13,17H2,2-6H3,(H2,26,27,28);1H. The maximum atomic E-state index is 12.2. The Hall–Kier alpha value is -2.75. The van der Waals surface area contributed by atoms with Crippen molar-refractivity contribution in [2.45, 2.75) is 19.4 Å². The molecular weight excluding hydrogens is 531 g/mol. The molecule has 2 rings (SSSR count). The van der Waals surface area contributed by atoms with Crippen molar-refractivity contribution in [2.24, 2.45) is 4.99 Å². The first-order chi connectivity index (χ1) is 15.4. The summed E-state index contributed by atoms with van der Waals surface area (Å²) in [7, 11) is 8.52. The second kappa shape index (κ2) is 14.4. The molecule has 0 heterocycles. The molecule has 0 bridgehead atoms. The molecule has 0 saturated carbocycles. The van der Waals surface area contributed by atoms with E-state index in [9.17, 15) is 4.79 Å². The topological polar surface area (TPSA) is 75.2 Å². The van der Waals surface area contributed by atoms with E-state index in [1.165, 1.54) is 0 Å². The summed E-state index contributed by atoms with van der Waals surface area (Å²) in [6, 6.07) is 11.7. The first-order valence-corrected chi connectivity index (χ1v) is 10.5. The van der Waals surface area contributed by atoms with Gasteiger partial charge in [0.15, 0.2) is 17.5 Å². The quantitative estimate of drug-likeness (QED) is 0.199. The molecule has 0 aromatic heterocycles. The number of nitrogens with one attached hydrogen (secondary N) is 2. The SMILES string of the molecule is C=CCc1cc(CNC(=NC)NCCc2cccc(C(=O)N(C)C)c2)cc(OC)c1OC.I. The number of methoxy groups -OCH3 is 2. The number of benzene rings is 2. The highest BCUT2D eigenvalue weighted by atomic mass is 127. The number of allylic oxidation sites excluding steroid dienone is 1. The Bertz CT molecular complexity index is 961. The summed E-state index contributed by atoms with van der Waals surface area (Å²) in [6.45, 7) is 5.09. The zero-order valence-electron chi connectivity index (χ0n) is 20.1. The van der Waals surface area contributed by atoms with E-state index in [-0.39, 0.29) is 29.9 Å². The minimum atomic E-state index is 0. The van der Waals surface area contributed by atoms with E-state index in [0.717, 1.165) is 28.9 Å². The number of ether oxygens (including phenoxy) is 2. The molecule has 0 aliphatic rings. The molecular formula is C25H35IN4O3. The second-order valence-electron chi connectivity index (χ2n) is 7.49. The van der Waals surface area contributed by atoms with Crippen molar-refractivity contribution in [1.82, 2.24) is 15.5 Å². The van der Waals surface area contributed by atoms with Crippen LogP contribution in [0.15, 0.2) is 54.0 Å². The van der Waals surface area contributed by atoms with E-state index >= 15 is 0 Å². The van der Waals surface area contributed by atoms with Crippen molar-refractivity contribution < 1.29 is 14.3 Å². The normalized spacial score (nSPS) is 10.6. The van der Waals surface area contributed by atoms with Gasteiger partial charge in [0.25, 0.3) is 5.91 Å². The summed E-state index contributed by atoms with van der Waals surface area (Å²) in [5, 5.41) is 6.65. The third-order valence-electron chi connectivity index (χ3n) is 4.95. The van der Waals surface area contributed by atoms with Crippen LogP contribution in [-0.2, 0) is 19.4 Å². The summed E-state index contributed by atoms with van der Waals surface area (Å²) in [5.74, 6) is 2.13. The van der Waals surface area contributed by atoms with Gasteiger partial charge in [0.05, 0.1) is 14.2 Å². The number of nitrogens with zero attached hydrogens (tertiary/aromatic N) is 2. The molecule has 0 aliphatic heterocycles. The Morgan fingerprint density at radius 3 is 2.48 bits per heavy atom. The van der Waals surface area contributed by atoms with Gasteiger partial charge in [0.1, 0.15) is 0 Å². The molecule has 33 heavy (non-hydrogen) atoms. The van der Waals surface area contributed by atoms with E-state index in [1.807, 2.05) is 36.4 Å². The number of aliphatic imine (C=N–C) groups is 1. The molecule has 7 nitrogen and oxygen atoms in total. The molecule has 180 valence electrons. The predicted octanol–water partition coefficient (Wildman–Crippen LogP) is 3.66. The van der Waals surface area contributed by atoms with Crippen LogP contribution in [0.25, 0.3) is 0 Å². The lowest BCUT2D eigenvalue weighted by atomic mass is 10.1. The molecule has 2 aromatic rings. The summed E-state index contributed by atoms with van der Waals surface area (Å²) < 4.78 is 11.0. The third-order valence-corrected chi connectivity index (χ3v) is 4.95. The second-order valence-corrected chi connectivity index (χ2v) is 7.49. The summed E-state index contributed by atoms with van der Waals surface area (Å²) in [4.78, 5) is 18.0. The fourth-order valence-electron chi connectivity index (χ4n) is 3.37. The van der Waals surface area contributed by atoms with Gasteiger partial charge in [0.2, 0.25) is 0 Å². The average molecular weight is 566 g/mol. The van der Waals surface area contributed by atoms with Crippen LogP contribution < -0.4 is 20.1 Å². The summed E-state index contributed by atoms with van der Waals surface area (Å²) in [5.41, 5.74) is 3.86. The number of amides is 1. The molecule has 1 amide bonds. The van der Waals surface area contributed by atoms with Gasteiger partial charge < -0.3 is 25.0 Å². The lowest BCUT2D eigenvalue weighted by Gasteiger charge is -2.16. The van der Waals surface area contributed by atoms with Crippen molar-refractivity contribution in [2.75, 3.05) is 41.9 Å². The third kappa shape index (κ3) is 8.27. The van der Waals surface area contributed by atoms with Crippen LogP contribution in [0.2, 0.25) is 0 Å². The zero-order valence-corrected chi connectivity index (χ0v) is 22.4. The minimum absolute atomic E-state index is 0. The Kier molecular flexibility index (Phi) is 12.3. The van der Waals surface area contributed by atoms with Crippen LogP contribution in [0.3, 0.4) is 0 Å². The molecule has 0 radical (unpaired) electrons. The van der Waals surface area contributed by atoms with Gasteiger partial charge in [0, 0.05) is 45.4 Å². The van der Waals surface area contributed by atoms with E-state index in [0.29, 0.717) is 36.8 Å². The van der Waals surface area contributed by atoms with Crippen molar-refractivity contribution in [3.05, 3.63) is 71.3 Å². The van der Waals surface area contributed by atoms with E-state index in [4.69, 9.17) is 9.47 Å². The molecule has 0 fully saturated rings. The Morgan fingerprint density at radius 2 is 1.88 bits per heavy atom. The van der Waals surface area contributed by atoms with Crippen molar-refractivity contribution in [3.63, 3.8) is 0 Å². The maximum Gasteiger partial charge on any atom is 0.253 e. The van der Waals surface area contributed by atoms with Crippen LogP contribution in [-0.4, -0.2) is 58.7 Å². The largest absolute Gasteiger partial charge is 0.493 e. The molecule has 0 saturated heterocycles. The number of rotatable bonds is 10. The monoisotopic (exact) mass is 566 g/mol. The zero-order chi connectivity index (χ0) is 23.5. The van der Waals surface area contributed by atoms with Crippen molar-refractivity contribution in [1.29, 1.82) is 0 Å². The highest BCUT2D eigenvalue weighted by molar-refractivity contribution is 14.0. The van der Waals surface area contributed by atoms with Gasteiger partial charge in [-0.1, -0.05) is 18.2 Å². The average Bonchev–Trinajstić information content (AvgIpc) is 2.80. The number of hydrogen-bond donors (Lipinski definition) is 2. The van der Waals surface area contributed by atoms with Crippen LogP contribution in [0.1, 0.15) is 27.0 Å². The number of carbonyl (C=O) groups is 1. The predicted molar refractivity (Wildman–Crippen MR) is 145 cm³/mol. The molecule has 0 aliphatic carbocycles. The minimum Gasteiger partial charge on any atom is -0.493 e. The number of hydrogen-bond acceptors (Lipinski definition) is 4. The van der Waals surface area contributed by atoms with E-state index in [2.05, 4.69) is 28.3 Å². The number of guanidine groups is 1. The van der Waals surface area contributed by atoms with Crippen LogP contribution in [0, 0.1) is 0 Å². The van der Waals surface area contributed by atoms with Gasteiger partial charge >= 0.3 is 0 Å². The van der Waals surface area contributed by atoms with E-state index in [1.54, 1.807) is 40.3 Å². The van der Waals surface area contributed by atoms with Crippen molar-refractivity contribution in [3.8, 4) is 11.5 Å². The van der Waals surface area contributed by atoms with E-state index < -0.39 is 0 Å². The summed E-state index contributed by atoms with van der Waals surface area (Å²) >= 11 is 0. The molecule has 0 atom stereocenters. The van der Waals surface area contributed by atoms with Crippen molar-refractivity contribution >= 4 is 35.8 Å². The van der Waals surface area contributed by atoms with Gasteiger partial charge in [-0.25, -0.2) is 0 Å². The van der Waals surface area contributed by atoms with Crippen LogP contribution >= 0.6 is 24.0 Å². The highest BCUT2D eigenvalue weighted by Crippen LogP contribution is 2.33.